The Kier molecular flexibility index (Phi) is 3.90. The van der Waals surface area contributed by atoms with Crippen molar-refractivity contribution >= 4 is 34.5 Å². The van der Waals surface area contributed by atoms with Crippen molar-refractivity contribution < 1.29 is 9.53 Å². The zero-order chi connectivity index (χ0) is 11.5. The molecule has 1 rings (SSSR count). The van der Waals surface area contributed by atoms with Crippen LogP contribution in [-0.4, -0.2) is 16.7 Å². The standard InChI is InChI=1S/C10H13IN2O2/c1-10(2,3)15-9(14)13-8-7(11)5-4-6-12-8/h4-6H,1-3H3,(H,12,13,14). The molecular formula is C10H13IN2O2. The van der Waals surface area contributed by atoms with Crippen LogP contribution in [0.1, 0.15) is 20.8 Å². The van der Waals surface area contributed by atoms with Gasteiger partial charge in [-0.25, -0.2) is 9.78 Å². The Labute approximate surface area is 103 Å². The van der Waals surface area contributed by atoms with Crippen molar-refractivity contribution in [1.82, 2.24) is 4.98 Å². The number of hydrogen-bond donors (Lipinski definition) is 1. The molecule has 0 aliphatic rings. The van der Waals surface area contributed by atoms with Gasteiger partial charge in [-0.1, -0.05) is 0 Å². The third-order valence-corrected chi connectivity index (χ3v) is 2.25. The number of nitrogens with one attached hydrogen (secondary N) is 1. The molecule has 0 bridgehead atoms. The second-order valence-electron chi connectivity index (χ2n) is 3.96. The van der Waals surface area contributed by atoms with Crippen molar-refractivity contribution in [1.29, 1.82) is 0 Å². The van der Waals surface area contributed by atoms with Gasteiger partial charge < -0.3 is 4.74 Å². The van der Waals surface area contributed by atoms with E-state index in [4.69, 9.17) is 4.74 Å². The molecule has 0 aliphatic heterocycles. The fourth-order valence-corrected chi connectivity index (χ4v) is 1.36. The van der Waals surface area contributed by atoms with Crippen LogP contribution in [-0.2, 0) is 4.74 Å². The Bertz CT molecular complexity index is 361. The number of hydrogen-bond acceptors (Lipinski definition) is 3. The van der Waals surface area contributed by atoms with Gasteiger partial charge in [-0.2, -0.15) is 0 Å². The van der Waals surface area contributed by atoms with Gasteiger partial charge in [-0.15, -0.1) is 0 Å². The Morgan fingerprint density at radius 3 is 2.73 bits per heavy atom. The molecule has 1 aromatic heterocycles. The summed E-state index contributed by atoms with van der Waals surface area (Å²) >= 11 is 2.10. The van der Waals surface area contributed by atoms with E-state index in [2.05, 4.69) is 32.9 Å². The molecule has 0 saturated heterocycles. The van der Waals surface area contributed by atoms with Gasteiger partial charge >= 0.3 is 6.09 Å². The summed E-state index contributed by atoms with van der Waals surface area (Å²) in [6.45, 7) is 5.45. The third kappa shape index (κ3) is 4.46. The quantitative estimate of drug-likeness (QED) is 0.809. The molecule has 15 heavy (non-hydrogen) atoms. The molecule has 0 aromatic carbocycles. The third-order valence-electron chi connectivity index (χ3n) is 1.38. The normalized spacial score (nSPS) is 10.9. The van der Waals surface area contributed by atoms with Gasteiger partial charge in [0.15, 0.2) is 0 Å². The molecular weight excluding hydrogens is 307 g/mol. The zero-order valence-corrected chi connectivity index (χ0v) is 11.0. The smallest absolute Gasteiger partial charge is 0.413 e. The van der Waals surface area contributed by atoms with Crippen molar-refractivity contribution in [3.8, 4) is 0 Å². The fraction of sp³-hybridized carbons (Fsp3) is 0.400. The Morgan fingerprint density at radius 2 is 2.20 bits per heavy atom. The Balaban J connectivity index is 2.64. The van der Waals surface area contributed by atoms with Crippen molar-refractivity contribution in [3.63, 3.8) is 0 Å². The number of carbonyl (C=O) groups excluding carboxylic acids is 1. The maximum absolute atomic E-state index is 11.4. The maximum atomic E-state index is 11.4. The first kappa shape index (κ1) is 12.2. The molecule has 4 nitrogen and oxygen atoms in total. The predicted molar refractivity (Wildman–Crippen MR) is 66.8 cm³/mol. The number of pyridine rings is 1. The molecule has 0 saturated carbocycles. The number of anilines is 1. The summed E-state index contributed by atoms with van der Waals surface area (Å²) in [5, 5.41) is 2.59. The second kappa shape index (κ2) is 4.78. The van der Waals surface area contributed by atoms with E-state index >= 15 is 0 Å². The van der Waals surface area contributed by atoms with Crippen LogP contribution in [0.5, 0.6) is 0 Å². The highest BCUT2D eigenvalue weighted by Crippen LogP contribution is 2.15. The zero-order valence-electron chi connectivity index (χ0n) is 8.87. The minimum Gasteiger partial charge on any atom is -0.444 e. The largest absolute Gasteiger partial charge is 0.444 e. The molecule has 0 radical (unpaired) electrons. The van der Waals surface area contributed by atoms with Crippen LogP contribution in [0.25, 0.3) is 0 Å². The topological polar surface area (TPSA) is 51.2 Å². The number of ether oxygens (including phenoxy) is 1. The number of carbonyl (C=O) groups is 1. The van der Waals surface area contributed by atoms with E-state index in [-0.39, 0.29) is 0 Å². The maximum Gasteiger partial charge on any atom is 0.413 e. The summed E-state index contributed by atoms with van der Waals surface area (Å²) in [5.74, 6) is 0.521. The first-order valence-corrected chi connectivity index (χ1v) is 5.57. The van der Waals surface area contributed by atoms with Gasteiger partial charge in [0.2, 0.25) is 0 Å². The van der Waals surface area contributed by atoms with Crippen LogP contribution in [0.4, 0.5) is 10.6 Å². The van der Waals surface area contributed by atoms with Crippen LogP contribution in [0.15, 0.2) is 18.3 Å². The highest BCUT2D eigenvalue weighted by Gasteiger charge is 2.17. The highest BCUT2D eigenvalue weighted by molar-refractivity contribution is 14.1. The van der Waals surface area contributed by atoms with Gasteiger partial charge in [0, 0.05) is 6.20 Å². The van der Waals surface area contributed by atoms with E-state index in [9.17, 15) is 4.79 Å². The van der Waals surface area contributed by atoms with Gasteiger partial charge in [-0.3, -0.25) is 5.32 Å². The lowest BCUT2D eigenvalue weighted by molar-refractivity contribution is 0.0635. The number of rotatable bonds is 1. The number of aromatic nitrogens is 1. The van der Waals surface area contributed by atoms with E-state index in [0.29, 0.717) is 5.82 Å². The summed E-state index contributed by atoms with van der Waals surface area (Å²) < 4.78 is 5.98. The summed E-state index contributed by atoms with van der Waals surface area (Å²) in [7, 11) is 0. The lowest BCUT2D eigenvalue weighted by Crippen LogP contribution is -2.27. The van der Waals surface area contributed by atoms with Gasteiger partial charge in [0.1, 0.15) is 11.4 Å². The van der Waals surface area contributed by atoms with Crippen molar-refractivity contribution in [3.05, 3.63) is 21.9 Å². The van der Waals surface area contributed by atoms with Crippen molar-refractivity contribution in [2.24, 2.45) is 0 Å². The second-order valence-corrected chi connectivity index (χ2v) is 5.12. The molecule has 0 spiro atoms. The molecule has 82 valence electrons. The average Bonchev–Trinajstić information content (AvgIpc) is 2.05. The van der Waals surface area contributed by atoms with Crippen LogP contribution in [0, 0.1) is 3.57 Å². The monoisotopic (exact) mass is 320 g/mol. The first-order chi connectivity index (χ1) is 6.88. The summed E-state index contributed by atoms with van der Waals surface area (Å²) in [6.07, 6.45) is 1.13. The molecule has 0 atom stereocenters. The lowest BCUT2D eigenvalue weighted by Gasteiger charge is -2.19. The fourth-order valence-electron chi connectivity index (χ4n) is 0.878. The van der Waals surface area contributed by atoms with Crippen LogP contribution in [0.3, 0.4) is 0 Å². The SMILES string of the molecule is CC(C)(C)OC(=O)Nc1ncccc1I. The van der Waals surface area contributed by atoms with Crippen molar-refractivity contribution in [2.75, 3.05) is 5.32 Å². The first-order valence-electron chi connectivity index (χ1n) is 4.49. The van der Waals surface area contributed by atoms with E-state index in [1.54, 1.807) is 6.20 Å². The average molecular weight is 320 g/mol. The van der Waals surface area contributed by atoms with Crippen LogP contribution < -0.4 is 5.32 Å². The Morgan fingerprint density at radius 1 is 1.53 bits per heavy atom. The van der Waals surface area contributed by atoms with E-state index in [0.717, 1.165) is 3.57 Å². The van der Waals surface area contributed by atoms with Gasteiger partial charge in [0.05, 0.1) is 3.57 Å². The summed E-state index contributed by atoms with van der Waals surface area (Å²) in [5.41, 5.74) is -0.496. The molecule has 1 amide bonds. The van der Waals surface area contributed by atoms with Gasteiger partial charge in [0.25, 0.3) is 0 Å². The molecule has 1 aromatic rings. The number of nitrogens with zero attached hydrogens (tertiary/aromatic N) is 1. The summed E-state index contributed by atoms with van der Waals surface area (Å²) in [4.78, 5) is 15.4. The van der Waals surface area contributed by atoms with Gasteiger partial charge in [-0.05, 0) is 55.5 Å². The molecule has 5 heteroatoms. The minimum absolute atomic E-state index is 0.487. The number of halogens is 1. The molecule has 0 fully saturated rings. The van der Waals surface area contributed by atoms with Crippen molar-refractivity contribution in [2.45, 2.75) is 26.4 Å². The molecule has 1 heterocycles. The molecule has 1 N–H and O–H groups in total. The lowest BCUT2D eigenvalue weighted by atomic mass is 10.2. The Hall–Kier alpha value is -0.850. The van der Waals surface area contributed by atoms with Crippen LogP contribution >= 0.6 is 22.6 Å². The summed E-state index contributed by atoms with van der Waals surface area (Å²) in [6, 6.07) is 3.67. The predicted octanol–water partition coefficient (Wildman–Crippen LogP) is 3.03. The highest BCUT2D eigenvalue weighted by atomic mass is 127. The molecule has 0 aliphatic carbocycles. The van der Waals surface area contributed by atoms with Crippen LogP contribution in [0.2, 0.25) is 0 Å². The molecule has 0 unspecified atom stereocenters. The number of amides is 1. The van der Waals surface area contributed by atoms with E-state index in [1.807, 2.05) is 32.9 Å². The van der Waals surface area contributed by atoms with E-state index < -0.39 is 11.7 Å². The minimum atomic E-state index is -0.496. The van der Waals surface area contributed by atoms with E-state index in [1.165, 1.54) is 0 Å².